The lowest BCUT2D eigenvalue weighted by atomic mass is 10.0. The van der Waals surface area contributed by atoms with E-state index in [4.69, 9.17) is 11.5 Å². The lowest BCUT2D eigenvalue weighted by Gasteiger charge is -2.10. The summed E-state index contributed by atoms with van der Waals surface area (Å²) in [5.74, 6) is -0.379. The van der Waals surface area contributed by atoms with E-state index in [1.807, 2.05) is 6.92 Å². The standard InChI is InChI=1S/C10H13FN2/c1-3-9(12)7-4-6(2)10(13)5-8(7)11/h3-5,9H,1,12-13H2,2H3/t9-/m1/s1. The first kappa shape index (κ1) is 9.74. The second-order valence-electron chi connectivity index (χ2n) is 2.99. The molecular weight excluding hydrogens is 167 g/mol. The molecule has 0 unspecified atom stereocenters. The van der Waals surface area contributed by atoms with E-state index >= 15 is 0 Å². The topological polar surface area (TPSA) is 52.0 Å². The van der Waals surface area contributed by atoms with Crippen molar-refractivity contribution in [2.24, 2.45) is 5.73 Å². The van der Waals surface area contributed by atoms with Gasteiger partial charge in [-0.3, -0.25) is 0 Å². The molecule has 3 heteroatoms. The van der Waals surface area contributed by atoms with Crippen LogP contribution in [0.25, 0.3) is 0 Å². The van der Waals surface area contributed by atoms with Crippen molar-refractivity contribution < 1.29 is 4.39 Å². The molecule has 0 radical (unpaired) electrons. The molecule has 0 fully saturated rings. The van der Waals surface area contributed by atoms with Gasteiger partial charge in [-0.2, -0.15) is 0 Å². The molecule has 4 N–H and O–H groups in total. The van der Waals surface area contributed by atoms with E-state index in [2.05, 4.69) is 6.58 Å². The first-order valence-corrected chi connectivity index (χ1v) is 4.00. The molecule has 0 amide bonds. The van der Waals surface area contributed by atoms with Gasteiger partial charge in [0.05, 0.1) is 6.04 Å². The highest BCUT2D eigenvalue weighted by atomic mass is 19.1. The Morgan fingerprint density at radius 3 is 2.69 bits per heavy atom. The van der Waals surface area contributed by atoms with Crippen molar-refractivity contribution in [2.75, 3.05) is 5.73 Å². The van der Waals surface area contributed by atoms with Gasteiger partial charge in [0.15, 0.2) is 0 Å². The van der Waals surface area contributed by atoms with Gasteiger partial charge in [0.25, 0.3) is 0 Å². The quantitative estimate of drug-likeness (QED) is 0.539. The highest BCUT2D eigenvalue weighted by molar-refractivity contribution is 5.49. The zero-order valence-corrected chi connectivity index (χ0v) is 7.55. The Balaban J connectivity index is 3.22. The van der Waals surface area contributed by atoms with Gasteiger partial charge < -0.3 is 11.5 Å². The molecule has 0 aliphatic rings. The molecule has 0 heterocycles. The molecule has 0 spiro atoms. The fourth-order valence-corrected chi connectivity index (χ4v) is 1.10. The molecule has 0 saturated carbocycles. The Morgan fingerprint density at radius 2 is 2.15 bits per heavy atom. The number of benzene rings is 1. The second kappa shape index (κ2) is 3.58. The van der Waals surface area contributed by atoms with Gasteiger partial charge in [0.1, 0.15) is 5.82 Å². The molecule has 1 aromatic carbocycles. The molecule has 0 aliphatic carbocycles. The van der Waals surface area contributed by atoms with Gasteiger partial charge >= 0.3 is 0 Å². The molecule has 1 rings (SSSR count). The summed E-state index contributed by atoms with van der Waals surface area (Å²) in [7, 11) is 0. The summed E-state index contributed by atoms with van der Waals surface area (Å²) < 4.78 is 13.3. The molecular formula is C10H13FN2. The Bertz CT molecular complexity index is 334. The molecule has 0 aromatic heterocycles. The van der Waals surface area contributed by atoms with E-state index in [9.17, 15) is 4.39 Å². The zero-order valence-electron chi connectivity index (χ0n) is 7.55. The summed E-state index contributed by atoms with van der Waals surface area (Å²) in [6.45, 7) is 5.32. The molecule has 0 bridgehead atoms. The van der Waals surface area contributed by atoms with Gasteiger partial charge in [-0.15, -0.1) is 6.58 Å². The van der Waals surface area contributed by atoms with E-state index in [0.717, 1.165) is 5.56 Å². The first-order chi connectivity index (χ1) is 6.06. The van der Waals surface area contributed by atoms with Gasteiger partial charge in [0.2, 0.25) is 0 Å². The fraction of sp³-hybridized carbons (Fsp3) is 0.200. The number of rotatable bonds is 2. The number of aryl methyl sites for hydroxylation is 1. The Morgan fingerprint density at radius 1 is 1.54 bits per heavy atom. The minimum atomic E-state index is -0.473. The van der Waals surface area contributed by atoms with Crippen LogP contribution in [0.4, 0.5) is 10.1 Å². The van der Waals surface area contributed by atoms with Crippen LogP contribution in [0.5, 0.6) is 0 Å². The van der Waals surface area contributed by atoms with E-state index in [1.165, 1.54) is 12.1 Å². The summed E-state index contributed by atoms with van der Waals surface area (Å²) in [5, 5.41) is 0. The summed E-state index contributed by atoms with van der Waals surface area (Å²) in [6.07, 6.45) is 1.49. The van der Waals surface area contributed by atoms with Gasteiger partial charge in [-0.1, -0.05) is 6.08 Å². The lowest BCUT2D eigenvalue weighted by Crippen LogP contribution is -2.09. The van der Waals surface area contributed by atoms with Crippen LogP contribution in [0.2, 0.25) is 0 Å². The maximum absolute atomic E-state index is 13.3. The number of nitrogen functional groups attached to an aromatic ring is 1. The van der Waals surface area contributed by atoms with Crippen molar-refractivity contribution in [3.63, 3.8) is 0 Å². The van der Waals surface area contributed by atoms with Gasteiger partial charge in [-0.25, -0.2) is 4.39 Å². The van der Waals surface area contributed by atoms with Crippen LogP contribution >= 0.6 is 0 Å². The van der Waals surface area contributed by atoms with Crippen molar-refractivity contribution in [1.82, 2.24) is 0 Å². The van der Waals surface area contributed by atoms with E-state index in [0.29, 0.717) is 11.3 Å². The highest BCUT2D eigenvalue weighted by Gasteiger charge is 2.09. The Labute approximate surface area is 77.0 Å². The Kier molecular flexibility index (Phi) is 2.68. The van der Waals surface area contributed by atoms with Crippen molar-refractivity contribution in [3.05, 3.63) is 41.7 Å². The van der Waals surface area contributed by atoms with Crippen molar-refractivity contribution in [3.8, 4) is 0 Å². The average molecular weight is 180 g/mol. The van der Waals surface area contributed by atoms with Crippen LogP contribution < -0.4 is 11.5 Å². The summed E-state index contributed by atoms with van der Waals surface area (Å²) in [6, 6.07) is 2.46. The van der Waals surface area contributed by atoms with Crippen molar-refractivity contribution >= 4 is 5.69 Å². The SMILES string of the molecule is C=C[C@@H](N)c1cc(C)c(N)cc1F. The molecule has 13 heavy (non-hydrogen) atoms. The van der Waals surface area contributed by atoms with Crippen molar-refractivity contribution in [2.45, 2.75) is 13.0 Å². The summed E-state index contributed by atoms with van der Waals surface area (Å²) in [5.41, 5.74) is 12.8. The van der Waals surface area contributed by atoms with Crippen LogP contribution in [0.3, 0.4) is 0 Å². The van der Waals surface area contributed by atoms with Gasteiger partial charge in [0, 0.05) is 11.3 Å². The van der Waals surface area contributed by atoms with Crippen LogP contribution in [0.1, 0.15) is 17.2 Å². The third-order valence-corrected chi connectivity index (χ3v) is 2.00. The average Bonchev–Trinajstić information content (AvgIpc) is 2.10. The van der Waals surface area contributed by atoms with E-state index < -0.39 is 6.04 Å². The summed E-state index contributed by atoms with van der Waals surface area (Å²) in [4.78, 5) is 0. The summed E-state index contributed by atoms with van der Waals surface area (Å²) >= 11 is 0. The smallest absolute Gasteiger partial charge is 0.130 e. The van der Waals surface area contributed by atoms with Crippen LogP contribution in [-0.4, -0.2) is 0 Å². The normalized spacial score (nSPS) is 12.5. The molecule has 0 aliphatic heterocycles. The predicted octanol–water partition coefficient (Wildman–Crippen LogP) is 1.90. The predicted molar refractivity (Wildman–Crippen MR) is 52.7 cm³/mol. The monoisotopic (exact) mass is 180 g/mol. The van der Waals surface area contributed by atoms with Crippen LogP contribution in [0, 0.1) is 12.7 Å². The van der Waals surface area contributed by atoms with E-state index in [1.54, 1.807) is 6.07 Å². The molecule has 1 aromatic rings. The maximum Gasteiger partial charge on any atom is 0.130 e. The van der Waals surface area contributed by atoms with Crippen LogP contribution in [-0.2, 0) is 0 Å². The van der Waals surface area contributed by atoms with Gasteiger partial charge in [-0.05, 0) is 24.6 Å². The molecule has 1 atom stereocenters. The lowest BCUT2D eigenvalue weighted by molar-refractivity contribution is 0.602. The van der Waals surface area contributed by atoms with Crippen LogP contribution in [0.15, 0.2) is 24.8 Å². The third kappa shape index (κ3) is 1.87. The zero-order chi connectivity index (χ0) is 10.0. The number of anilines is 1. The van der Waals surface area contributed by atoms with E-state index in [-0.39, 0.29) is 5.82 Å². The second-order valence-corrected chi connectivity index (χ2v) is 2.99. The largest absolute Gasteiger partial charge is 0.398 e. The number of halogens is 1. The fourth-order valence-electron chi connectivity index (χ4n) is 1.10. The highest BCUT2D eigenvalue weighted by Crippen LogP contribution is 2.21. The maximum atomic E-state index is 13.3. The Hall–Kier alpha value is -1.35. The third-order valence-electron chi connectivity index (χ3n) is 2.00. The number of hydrogen-bond acceptors (Lipinski definition) is 2. The molecule has 2 nitrogen and oxygen atoms in total. The number of hydrogen-bond donors (Lipinski definition) is 2. The molecule has 0 saturated heterocycles. The number of nitrogens with two attached hydrogens (primary N) is 2. The molecule has 70 valence electrons. The van der Waals surface area contributed by atoms with Crippen molar-refractivity contribution in [1.29, 1.82) is 0 Å². The minimum Gasteiger partial charge on any atom is -0.398 e. The minimum absolute atomic E-state index is 0.379. The first-order valence-electron chi connectivity index (χ1n) is 4.00.